The van der Waals surface area contributed by atoms with Crippen LogP contribution < -0.4 is 0 Å². The Bertz CT molecular complexity index is 337. The summed E-state index contributed by atoms with van der Waals surface area (Å²) in [6, 6.07) is 0. The number of alkyl halides is 1. The summed E-state index contributed by atoms with van der Waals surface area (Å²) in [6.07, 6.45) is 5.38. The number of hydrogen-bond donors (Lipinski definition) is 0. The zero-order chi connectivity index (χ0) is 14.1. The van der Waals surface area contributed by atoms with Crippen molar-refractivity contribution in [2.45, 2.75) is 64.6 Å². The highest BCUT2D eigenvalue weighted by molar-refractivity contribution is 6.18. The average Bonchev–Trinajstić information content (AvgIpc) is 2.85. The van der Waals surface area contributed by atoms with Gasteiger partial charge in [0.25, 0.3) is 0 Å². The number of nitrogens with zero attached hydrogens (tertiary/aromatic N) is 1. The van der Waals surface area contributed by atoms with Crippen LogP contribution in [0.5, 0.6) is 0 Å². The molecule has 2 fully saturated rings. The first kappa shape index (κ1) is 15.1. The van der Waals surface area contributed by atoms with Crippen LogP contribution in [0.3, 0.4) is 0 Å². The standard InChI is InChI=1S/C15H26ClNO2/c1-4-15(7-5-6-8-15)13(18)17-10-12(9-16)19-14(2,3)11-17/h12H,4-11H2,1-3H3. The van der Waals surface area contributed by atoms with Crippen molar-refractivity contribution in [2.75, 3.05) is 19.0 Å². The Morgan fingerprint density at radius 2 is 2.00 bits per heavy atom. The molecule has 1 aliphatic heterocycles. The van der Waals surface area contributed by atoms with Gasteiger partial charge in [0.15, 0.2) is 0 Å². The molecule has 110 valence electrons. The van der Waals surface area contributed by atoms with Crippen LogP contribution in [0.15, 0.2) is 0 Å². The van der Waals surface area contributed by atoms with Crippen molar-refractivity contribution in [1.82, 2.24) is 4.90 Å². The molecule has 19 heavy (non-hydrogen) atoms. The topological polar surface area (TPSA) is 29.5 Å². The Morgan fingerprint density at radius 3 is 2.53 bits per heavy atom. The van der Waals surface area contributed by atoms with E-state index in [4.69, 9.17) is 16.3 Å². The molecule has 2 aliphatic rings. The number of ether oxygens (including phenoxy) is 1. The molecule has 1 saturated carbocycles. The molecule has 0 aromatic carbocycles. The third-order valence-electron chi connectivity index (χ3n) is 4.63. The molecule has 0 spiro atoms. The maximum atomic E-state index is 12.9. The molecule has 1 amide bonds. The molecule has 1 unspecified atom stereocenters. The van der Waals surface area contributed by atoms with Crippen molar-refractivity contribution < 1.29 is 9.53 Å². The van der Waals surface area contributed by atoms with Gasteiger partial charge in [-0.2, -0.15) is 0 Å². The summed E-state index contributed by atoms with van der Waals surface area (Å²) >= 11 is 5.94. The molecule has 0 bridgehead atoms. The molecule has 0 aromatic rings. The number of hydrogen-bond acceptors (Lipinski definition) is 2. The van der Waals surface area contributed by atoms with Gasteiger partial charge in [0.05, 0.1) is 17.6 Å². The van der Waals surface area contributed by atoms with Crippen molar-refractivity contribution in [3.8, 4) is 0 Å². The minimum Gasteiger partial charge on any atom is -0.367 e. The predicted octanol–water partition coefficient (Wildman–Crippen LogP) is 3.20. The molecule has 2 rings (SSSR count). The summed E-state index contributed by atoms with van der Waals surface area (Å²) in [5, 5.41) is 0. The van der Waals surface area contributed by atoms with Gasteiger partial charge in [-0.05, 0) is 33.1 Å². The molecule has 1 saturated heterocycles. The van der Waals surface area contributed by atoms with Crippen LogP contribution >= 0.6 is 11.6 Å². The van der Waals surface area contributed by atoms with Crippen molar-refractivity contribution >= 4 is 17.5 Å². The molecular weight excluding hydrogens is 262 g/mol. The van der Waals surface area contributed by atoms with E-state index in [2.05, 4.69) is 6.92 Å². The maximum Gasteiger partial charge on any atom is 0.228 e. The number of carbonyl (C=O) groups is 1. The summed E-state index contributed by atoms with van der Waals surface area (Å²) in [4.78, 5) is 14.9. The minimum atomic E-state index is -0.291. The lowest BCUT2D eigenvalue weighted by atomic mass is 9.81. The van der Waals surface area contributed by atoms with Gasteiger partial charge >= 0.3 is 0 Å². The SMILES string of the molecule is CCC1(C(=O)N2CC(CCl)OC(C)(C)C2)CCCC1. The second-order valence-electron chi connectivity index (χ2n) is 6.68. The Kier molecular flexibility index (Phi) is 4.46. The zero-order valence-electron chi connectivity index (χ0n) is 12.4. The van der Waals surface area contributed by atoms with Crippen LogP contribution in [0, 0.1) is 5.41 Å². The van der Waals surface area contributed by atoms with Gasteiger partial charge < -0.3 is 9.64 Å². The van der Waals surface area contributed by atoms with E-state index in [1.165, 1.54) is 12.8 Å². The summed E-state index contributed by atoms with van der Waals surface area (Å²) in [7, 11) is 0. The Hall–Kier alpha value is -0.280. The highest BCUT2D eigenvalue weighted by atomic mass is 35.5. The second kappa shape index (κ2) is 5.61. The first-order valence-electron chi connectivity index (χ1n) is 7.46. The van der Waals surface area contributed by atoms with Crippen LogP contribution in [0.2, 0.25) is 0 Å². The largest absolute Gasteiger partial charge is 0.367 e. The normalized spacial score (nSPS) is 29.5. The van der Waals surface area contributed by atoms with Crippen molar-refractivity contribution in [3.05, 3.63) is 0 Å². The zero-order valence-corrected chi connectivity index (χ0v) is 13.1. The molecule has 0 aromatic heterocycles. The number of morpholine rings is 1. The third-order valence-corrected chi connectivity index (χ3v) is 4.98. The summed E-state index contributed by atoms with van der Waals surface area (Å²) < 4.78 is 5.91. The summed E-state index contributed by atoms with van der Waals surface area (Å²) in [6.45, 7) is 7.56. The van der Waals surface area contributed by atoms with Crippen molar-refractivity contribution in [1.29, 1.82) is 0 Å². The van der Waals surface area contributed by atoms with E-state index in [0.29, 0.717) is 24.9 Å². The Balaban J connectivity index is 2.13. The molecular formula is C15H26ClNO2. The molecule has 0 radical (unpaired) electrons. The van der Waals surface area contributed by atoms with Gasteiger partial charge in [-0.15, -0.1) is 11.6 Å². The minimum absolute atomic E-state index is 0.0373. The first-order valence-corrected chi connectivity index (χ1v) is 7.99. The van der Waals surface area contributed by atoms with Gasteiger partial charge in [0.2, 0.25) is 5.91 Å². The van der Waals surface area contributed by atoms with E-state index < -0.39 is 0 Å². The molecule has 4 heteroatoms. The molecule has 3 nitrogen and oxygen atoms in total. The van der Waals surface area contributed by atoms with Crippen LogP contribution in [-0.4, -0.2) is 41.5 Å². The lowest BCUT2D eigenvalue weighted by Crippen LogP contribution is -2.57. The average molecular weight is 288 g/mol. The smallest absolute Gasteiger partial charge is 0.228 e. The van der Waals surface area contributed by atoms with E-state index in [1.807, 2.05) is 18.7 Å². The fourth-order valence-electron chi connectivity index (χ4n) is 3.64. The summed E-state index contributed by atoms with van der Waals surface area (Å²) in [5.41, 5.74) is -0.398. The Labute approximate surface area is 121 Å². The van der Waals surface area contributed by atoms with E-state index in [1.54, 1.807) is 0 Å². The van der Waals surface area contributed by atoms with Crippen molar-refractivity contribution in [2.24, 2.45) is 5.41 Å². The van der Waals surface area contributed by atoms with Crippen LogP contribution in [0.25, 0.3) is 0 Å². The highest BCUT2D eigenvalue weighted by Crippen LogP contribution is 2.43. The van der Waals surface area contributed by atoms with Gasteiger partial charge in [-0.1, -0.05) is 19.8 Å². The van der Waals surface area contributed by atoms with E-state index >= 15 is 0 Å². The number of rotatable bonds is 3. The van der Waals surface area contributed by atoms with Gasteiger partial charge in [0.1, 0.15) is 0 Å². The summed E-state index contributed by atoms with van der Waals surface area (Å²) in [5.74, 6) is 0.783. The molecule has 1 atom stereocenters. The highest BCUT2D eigenvalue weighted by Gasteiger charge is 2.45. The monoisotopic (exact) mass is 287 g/mol. The molecule has 1 heterocycles. The third kappa shape index (κ3) is 3.08. The maximum absolute atomic E-state index is 12.9. The van der Waals surface area contributed by atoms with E-state index in [9.17, 15) is 4.79 Å². The number of carbonyl (C=O) groups excluding carboxylic acids is 1. The number of halogens is 1. The van der Waals surface area contributed by atoms with Crippen LogP contribution in [0.1, 0.15) is 52.9 Å². The van der Waals surface area contributed by atoms with Gasteiger partial charge in [-0.25, -0.2) is 0 Å². The van der Waals surface area contributed by atoms with Crippen LogP contribution in [0.4, 0.5) is 0 Å². The van der Waals surface area contributed by atoms with Gasteiger partial charge in [0, 0.05) is 18.5 Å². The first-order chi connectivity index (χ1) is 8.92. The molecule has 0 N–H and O–H groups in total. The Morgan fingerprint density at radius 1 is 1.37 bits per heavy atom. The quantitative estimate of drug-likeness (QED) is 0.746. The fraction of sp³-hybridized carbons (Fsp3) is 0.933. The fourth-order valence-corrected chi connectivity index (χ4v) is 3.80. The van der Waals surface area contributed by atoms with E-state index in [-0.39, 0.29) is 17.1 Å². The van der Waals surface area contributed by atoms with Gasteiger partial charge in [-0.3, -0.25) is 4.79 Å². The van der Waals surface area contributed by atoms with E-state index in [0.717, 1.165) is 19.3 Å². The molecule has 1 aliphatic carbocycles. The van der Waals surface area contributed by atoms with Crippen LogP contribution in [-0.2, 0) is 9.53 Å². The second-order valence-corrected chi connectivity index (χ2v) is 6.99. The lowest BCUT2D eigenvalue weighted by molar-refractivity contribution is -0.166. The lowest BCUT2D eigenvalue weighted by Gasteiger charge is -2.45. The number of amides is 1. The van der Waals surface area contributed by atoms with Crippen molar-refractivity contribution in [3.63, 3.8) is 0 Å². The predicted molar refractivity (Wildman–Crippen MR) is 77.4 cm³/mol.